The molecule has 5 aromatic carbocycles. The molecule has 1 aliphatic carbocycles. The molecular weight excluding hydrogens is 615 g/mol. The molecule has 0 saturated carbocycles. The Labute approximate surface area is 305 Å². The van der Waals surface area contributed by atoms with E-state index in [4.69, 9.17) is 4.99 Å². The molecule has 2 unspecified atom stereocenters. The summed E-state index contributed by atoms with van der Waals surface area (Å²) in [6, 6.07) is 49.6. The summed E-state index contributed by atoms with van der Waals surface area (Å²) in [5.74, 6) is 0. The number of hydrogen-bond acceptors (Lipinski definition) is 1. The van der Waals surface area contributed by atoms with Crippen LogP contribution in [-0.4, -0.2) is 5.71 Å². The molecule has 0 N–H and O–H groups in total. The number of hydrogen-bond donors (Lipinski definition) is 0. The molecule has 0 aliphatic heterocycles. The lowest BCUT2D eigenvalue weighted by molar-refractivity contribution is 0.523. The van der Waals surface area contributed by atoms with Gasteiger partial charge >= 0.3 is 0 Å². The highest BCUT2D eigenvalue weighted by atomic mass is 14.9. The van der Waals surface area contributed by atoms with E-state index >= 15 is 0 Å². The Hall–Kier alpha value is -5.53. The third kappa shape index (κ3) is 7.64. The Morgan fingerprint density at radius 3 is 1.92 bits per heavy atom. The molecule has 0 bridgehead atoms. The molecule has 2 atom stereocenters. The molecule has 254 valence electrons. The van der Waals surface area contributed by atoms with Gasteiger partial charge in [-0.25, -0.2) is 0 Å². The summed E-state index contributed by atoms with van der Waals surface area (Å²) in [6.07, 6.45) is 14.9. The van der Waals surface area contributed by atoms with Crippen LogP contribution in [0.2, 0.25) is 0 Å². The monoisotopic (exact) mass is 663 g/mol. The van der Waals surface area contributed by atoms with Crippen LogP contribution in [0, 0.1) is 0 Å². The van der Waals surface area contributed by atoms with E-state index in [1.807, 2.05) is 12.1 Å². The lowest BCUT2D eigenvalue weighted by atomic mass is 9.71. The second-order valence-corrected chi connectivity index (χ2v) is 13.7. The first-order valence-corrected chi connectivity index (χ1v) is 18.2. The maximum absolute atomic E-state index is 5.48. The number of allylic oxidation sites excluding steroid dienone is 7. The van der Waals surface area contributed by atoms with E-state index in [9.17, 15) is 0 Å². The minimum Gasteiger partial charge on any atom is -0.273 e. The molecule has 0 fully saturated rings. The van der Waals surface area contributed by atoms with Gasteiger partial charge in [-0.05, 0) is 89.6 Å². The first-order chi connectivity index (χ1) is 24.9. The summed E-state index contributed by atoms with van der Waals surface area (Å²) >= 11 is 0. The summed E-state index contributed by atoms with van der Waals surface area (Å²) in [4.78, 5) is 5.48. The average Bonchev–Trinajstić information content (AvgIpc) is 3.21. The summed E-state index contributed by atoms with van der Waals surface area (Å²) < 4.78 is 0. The Morgan fingerprint density at radius 1 is 0.725 bits per heavy atom. The van der Waals surface area contributed by atoms with E-state index < -0.39 is 5.54 Å². The fraction of sp³-hybridized carbons (Fsp3) is 0.180. The van der Waals surface area contributed by atoms with Gasteiger partial charge in [-0.2, -0.15) is 0 Å². The quantitative estimate of drug-likeness (QED) is 0.0878. The Kier molecular flexibility index (Phi) is 11.1. The number of nitrogens with zero attached hydrogens (tertiary/aromatic N) is 1. The number of aliphatic imine (C=N–C) groups is 1. The molecule has 0 heterocycles. The third-order valence-electron chi connectivity index (χ3n) is 10.6. The molecule has 6 rings (SSSR count). The van der Waals surface area contributed by atoms with E-state index in [0.29, 0.717) is 0 Å². The largest absolute Gasteiger partial charge is 0.273 e. The molecule has 5 aromatic rings. The zero-order chi connectivity index (χ0) is 35.7. The molecule has 1 heteroatoms. The Morgan fingerprint density at radius 2 is 1.31 bits per heavy atom. The summed E-state index contributed by atoms with van der Waals surface area (Å²) in [5.41, 5.74) is 12.2. The van der Waals surface area contributed by atoms with Crippen molar-refractivity contribution in [2.75, 3.05) is 0 Å². The molecular formula is C50H49N. The van der Waals surface area contributed by atoms with Crippen LogP contribution in [0.15, 0.2) is 199 Å². The Bertz CT molecular complexity index is 2080. The van der Waals surface area contributed by atoms with Gasteiger partial charge in [0.15, 0.2) is 0 Å². The van der Waals surface area contributed by atoms with Crippen LogP contribution < -0.4 is 0 Å². The van der Waals surface area contributed by atoms with Crippen LogP contribution in [0.1, 0.15) is 79.0 Å². The van der Waals surface area contributed by atoms with Gasteiger partial charge in [0.1, 0.15) is 5.54 Å². The first kappa shape index (κ1) is 35.3. The van der Waals surface area contributed by atoms with Crippen molar-refractivity contribution in [2.24, 2.45) is 4.99 Å². The van der Waals surface area contributed by atoms with Crippen LogP contribution in [0.4, 0.5) is 0 Å². The maximum Gasteiger partial charge on any atom is 0.111 e. The molecule has 0 amide bonds. The number of benzene rings is 5. The van der Waals surface area contributed by atoms with E-state index in [0.717, 1.165) is 53.7 Å². The van der Waals surface area contributed by atoms with E-state index in [1.54, 1.807) is 0 Å². The predicted molar refractivity (Wildman–Crippen MR) is 219 cm³/mol. The standard InChI is InChI=1S/C50H49N/c1-6-40(37-49(5,44-25-14-9-15-26-44)45-27-16-10-17-28-45)36-43-24-20-21-31-48(43)38(3)41-32-34-47(35-33-41)50(7-2,46-29-18-11-19-30-46)51-39(4)42-22-12-8-13-23-42/h6,8-16,18-27,29-35,37H,1,3,7,17,28,36H2,2,4-5H3/b40-37+,51-39+. The molecule has 1 nitrogen and oxygen atoms in total. The second-order valence-electron chi connectivity index (χ2n) is 13.7. The van der Waals surface area contributed by atoms with Gasteiger partial charge in [-0.1, -0.05) is 196 Å². The van der Waals surface area contributed by atoms with Crippen molar-refractivity contribution in [1.82, 2.24) is 0 Å². The molecule has 0 aromatic heterocycles. The van der Waals surface area contributed by atoms with Crippen LogP contribution >= 0.6 is 0 Å². The van der Waals surface area contributed by atoms with Gasteiger partial charge in [-0.3, -0.25) is 4.99 Å². The normalized spacial score (nSPS) is 15.7. The summed E-state index contributed by atoms with van der Waals surface area (Å²) in [6.45, 7) is 15.6. The van der Waals surface area contributed by atoms with Gasteiger partial charge in [0.2, 0.25) is 0 Å². The molecule has 0 spiro atoms. The second kappa shape index (κ2) is 16.0. The van der Waals surface area contributed by atoms with Crippen molar-refractivity contribution in [3.05, 3.63) is 233 Å². The highest BCUT2D eigenvalue weighted by molar-refractivity contribution is 5.99. The smallest absolute Gasteiger partial charge is 0.111 e. The molecule has 1 aliphatic rings. The lowest BCUT2D eigenvalue weighted by Gasteiger charge is -2.32. The van der Waals surface area contributed by atoms with Gasteiger partial charge < -0.3 is 0 Å². The minimum absolute atomic E-state index is 0.233. The van der Waals surface area contributed by atoms with Crippen molar-refractivity contribution < 1.29 is 0 Å². The fourth-order valence-corrected chi connectivity index (χ4v) is 7.55. The van der Waals surface area contributed by atoms with Crippen LogP contribution in [0.25, 0.3) is 5.57 Å². The zero-order valence-electron chi connectivity index (χ0n) is 30.4. The lowest BCUT2D eigenvalue weighted by Crippen LogP contribution is -2.26. The van der Waals surface area contributed by atoms with Crippen molar-refractivity contribution in [3.63, 3.8) is 0 Å². The van der Waals surface area contributed by atoms with E-state index in [1.165, 1.54) is 33.4 Å². The molecule has 0 radical (unpaired) electrons. The summed E-state index contributed by atoms with van der Waals surface area (Å²) in [7, 11) is 0. The molecule has 51 heavy (non-hydrogen) atoms. The van der Waals surface area contributed by atoms with E-state index in [2.05, 4.69) is 192 Å². The van der Waals surface area contributed by atoms with Crippen molar-refractivity contribution in [3.8, 4) is 0 Å². The predicted octanol–water partition coefficient (Wildman–Crippen LogP) is 12.8. The van der Waals surface area contributed by atoms with Crippen LogP contribution in [0.3, 0.4) is 0 Å². The van der Waals surface area contributed by atoms with Crippen molar-refractivity contribution >= 4 is 11.3 Å². The van der Waals surface area contributed by atoms with Gasteiger partial charge in [-0.15, -0.1) is 0 Å². The zero-order valence-corrected chi connectivity index (χ0v) is 30.4. The number of rotatable bonds is 13. The third-order valence-corrected chi connectivity index (χ3v) is 10.6. The average molecular weight is 664 g/mol. The minimum atomic E-state index is -0.516. The maximum atomic E-state index is 5.48. The fourth-order valence-electron chi connectivity index (χ4n) is 7.55. The van der Waals surface area contributed by atoms with Gasteiger partial charge in [0.05, 0.1) is 0 Å². The first-order valence-electron chi connectivity index (χ1n) is 18.2. The Balaban J connectivity index is 1.34. The highest BCUT2D eigenvalue weighted by Crippen LogP contribution is 2.41. The van der Waals surface area contributed by atoms with Gasteiger partial charge in [0.25, 0.3) is 0 Å². The van der Waals surface area contributed by atoms with Crippen LogP contribution in [0.5, 0.6) is 0 Å². The topological polar surface area (TPSA) is 12.4 Å². The SMILES string of the molecule is C=C/C(=C\C(C)(C1=CC=CCC1)c1ccccc1)Cc1ccccc1C(=C)c1ccc(C(CC)(/N=C(\C)c2ccccc2)c2ccccc2)cc1. The van der Waals surface area contributed by atoms with Crippen molar-refractivity contribution in [1.29, 1.82) is 0 Å². The summed E-state index contributed by atoms with van der Waals surface area (Å²) in [5, 5.41) is 0. The van der Waals surface area contributed by atoms with Gasteiger partial charge in [0, 0.05) is 11.1 Å². The molecule has 0 saturated heterocycles. The highest BCUT2D eigenvalue weighted by Gasteiger charge is 2.33. The van der Waals surface area contributed by atoms with Crippen molar-refractivity contribution in [2.45, 2.75) is 57.4 Å². The van der Waals surface area contributed by atoms with E-state index in [-0.39, 0.29) is 5.41 Å². The van der Waals surface area contributed by atoms with Crippen LogP contribution in [-0.2, 0) is 17.4 Å².